The second-order valence-corrected chi connectivity index (χ2v) is 10.1. The molecule has 0 aliphatic heterocycles. The standard InChI is InChI=1S/C29H23N5O3/c1-29(2,3)19-11-12-30-24-18-15-17(16-32-27(18)37-26(19)24)36-23-10-6-9-22(25(23)35)34-21-8-5-4-7-20(21)33-14-13-31-28(33)34/h4-16,35H,1-3H3. The van der Waals surface area contributed by atoms with Crippen molar-refractivity contribution in [1.82, 2.24) is 23.9 Å². The molecular weight excluding hydrogens is 466 g/mol. The van der Waals surface area contributed by atoms with Crippen LogP contribution in [0.4, 0.5) is 0 Å². The maximum atomic E-state index is 11.3. The number of furan rings is 1. The van der Waals surface area contributed by atoms with Gasteiger partial charge in [0.2, 0.25) is 11.5 Å². The molecule has 7 rings (SSSR count). The minimum Gasteiger partial charge on any atom is -0.503 e. The number of pyridine rings is 2. The maximum Gasteiger partial charge on any atom is 0.229 e. The van der Waals surface area contributed by atoms with Crippen LogP contribution in [0.3, 0.4) is 0 Å². The number of phenols is 1. The highest BCUT2D eigenvalue weighted by Crippen LogP contribution is 2.40. The monoisotopic (exact) mass is 489 g/mol. The summed E-state index contributed by atoms with van der Waals surface area (Å²) in [7, 11) is 0. The molecular formula is C29H23N5O3. The number of fused-ring (bicyclic) bond motifs is 6. The van der Waals surface area contributed by atoms with Crippen molar-refractivity contribution in [2.45, 2.75) is 26.2 Å². The van der Waals surface area contributed by atoms with Crippen LogP contribution in [-0.2, 0) is 5.41 Å². The van der Waals surface area contributed by atoms with Gasteiger partial charge >= 0.3 is 0 Å². The van der Waals surface area contributed by atoms with Gasteiger partial charge in [0.15, 0.2) is 17.1 Å². The number of para-hydroxylation sites is 3. The number of nitrogens with zero attached hydrogens (tertiary/aromatic N) is 5. The fraction of sp³-hybridized carbons (Fsp3) is 0.138. The van der Waals surface area contributed by atoms with Crippen molar-refractivity contribution < 1.29 is 14.3 Å². The van der Waals surface area contributed by atoms with Gasteiger partial charge in [-0.1, -0.05) is 39.0 Å². The summed E-state index contributed by atoms with van der Waals surface area (Å²) < 4.78 is 16.2. The molecule has 8 nitrogen and oxygen atoms in total. The molecule has 0 saturated heterocycles. The molecule has 182 valence electrons. The molecule has 5 heterocycles. The molecule has 0 radical (unpaired) electrons. The number of aromatic hydroxyl groups is 1. The van der Waals surface area contributed by atoms with Crippen molar-refractivity contribution in [3.05, 3.63) is 84.9 Å². The van der Waals surface area contributed by atoms with E-state index in [2.05, 4.69) is 35.7 Å². The number of hydrogen-bond acceptors (Lipinski definition) is 6. The molecule has 8 heteroatoms. The van der Waals surface area contributed by atoms with E-state index < -0.39 is 0 Å². The molecule has 5 aromatic heterocycles. The average Bonchev–Trinajstić information content (AvgIpc) is 3.57. The smallest absolute Gasteiger partial charge is 0.229 e. The Kier molecular flexibility index (Phi) is 4.39. The highest BCUT2D eigenvalue weighted by molar-refractivity contribution is 6.02. The van der Waals surface area contributed by atoms with Crippen LogP contribution in [0.1, 0.15) is 26.3 Å². The summed E-state index contributed by atoms with van der Waals surface area (Å²) in [6.07, 6.45) is 7.02. The molecule has 1 N–H and O–H groups in total. The first-order valence-electron chi connectivity index (χ1n) is 12.0. The van der Waals surface area contributed by atoms with Gasteiger partial charge in [-0.2, -0.15) is 0 Å². The lowest BCUT2D eigenvalue weighted by Gasteiger charge is -2.18. The summed E-state index contributed by atoms with van der Waals surface area (Å²) in [6, 6.07) is 17.2. The average molecular weight is 490 g/mol. The second-order valence-electron chi connectivity index (χ2n) is 10.1. The number of ether oxygens (including phenoxy) is 1. The van der Waals surface area contributed by atoms with E-state index in [9.17, 15) is 5.11 Å². The third-order valence-electron chi connectivity index (χ3n) is 6.64. The van der Waals surface area contributed by atoms with E-state index in [1.807, 2.05) is 63.7 Å². The first kappa shape index (κ1) is 21.4. The third kappa shape index (κ3) is 3.19. The van der Waals surface area contributed by atoms with Crippen LogP contribution in [0.2, 0.25) is 0 Å². The lowest BCUT2D eigenvalue weighted by molar-refractivity contribution is 0.409. The van der Waals surface area contributed by atoms with Crippen LogP contribution in [0.5, 0.6) is 17.2 Å². The van der Waals surface area contributed by atoms with Crippen LogP contribution in [-0.4, -0.2) is 29.0 Å². The minimum atomic E-state index is -0.108. The van der Waals surface area contributed by atoms with Crippen LogP contribution in [0.15, 0.2) is 83.8 Å². The van der Waals surface area contributed by atoms with Gasteiger partial charge in [0.05, 0.1) is 28.3 Å². The van der Waals surface area contributed by atoms with Crippen molar-refractivity contribution in [2.75, 3.05) is 0 Å². The van der Waals surface area contributed by atoms with Crippen LogP contribution < -0.4 is 4.74 Å². The van der Waals surface area contributed by atoms with E-state index in [0.29, 0.717) is 28.7 Å². The van der Waals surface area contributed by atoms with E-state index >= 15 is 0 Å². The molecule has 0 saturated carbocycles. The Morgan fingerprint density at radius 1 is 0.919 bits per heavy atom. The van der Waals surface area contributed by atoms with Gasteiger partial charge in [0.25, 0.3) is 0 Å². The predicted octanol–water partition coefficient (Wildman–Crippen LogP) is 6.76. The molecule has 0 unspecified atom stereocenters. The van der Waals surface area contributed by atoms with Crippen molar-refractivity contribution in [1.29, 1.82) is 0 Å². The van der Waals surface area contributed by atoms with E-state index in [0.717, 1.165) is 33.1 Å². The predicted molar refractivity (Wildman–Crippen MR) is 142 cm³/mol. The molecule has 0 bridgehead atoms. The van der Waals surface area contributed by atoms with Gasteiger partial charge in [-0.3, -0.25) is 14.0 Å². The van der Waals surface area contributed by atoms with Gasteiger partial charge in [0, 0.05) is 24.2 Å². The van der Waals surface area contributed by atoms with Crippen molar-refractivity contribution in [3.8, 4) is 22.9 Å². The Morgan fingerprint density at radius 3 is 2.59 bits per heavy atom. The summed E-state index contributed by atoms with van der Waals surface area (Å²) in [5, 5.41) is 12.1. The van der Waals surface area contributed by atoms with E-state index in [-0.39, 0.29) is 11.2 Å². The Bertz CT molecular complexity index is 1970. The van der Waals surface area contributed by atoms with Gasteiger partial charge in [0.1, 0.15) is 11.3 Å². The molecule has 0 spiro atoms. The molecule has 0 aliphatic carbocycles. The van der Waals surface area contributed by atoms with Crippen LogP contribution in [0, 0.1) is 0 Å². The molecule has 0 aliphatic rings. The first-order valence-corrected chi connectivity index (χ1v) is 12.0. The van der Waals surface area contributed by atoms with Crippen LogP contribution >= 0.6 is 0 Å². The van der Waals surface area contributed by atoms with Gasteiger partial charge in [-0.05, 0) is 41.8 Å². The summed E-state index contributed by atoms with van der Waals surface area (Å²) in [5.74, 6) is 1.47. The second kappa shape index (κ2) is 7.57. The van der Waals surface area contributed by atoms with E-state index in [1.54, 1.807) is 24.7 Å². The fourth-order valence-corrected chi connectivity index (χ4v) is 4.92. The summed E-state index contributed by atoms with van der Waals surface area (Å²) in [5.41, 5.74) is 5.38. The van der Waals surface area contributed by atoms with Crippen molar-refractivity contribution >= 4 is 39.0 Å². The minimum absolute atomic E-state index is 0.000884. The Hall–Kier alpha value is -4.85. The normalized spacial score (nSPS) is 12.3. The lowest BCUT2D eigenvalue weighted by atomic mass is 9.87. The third-order valence-corrected chi connectivity index (χ3v) is 6.64. The largest absolute Gasteiger partial charge is 0.503 e. The number of aromatic nitrogens is 5. The molecule has 0 fully saturated rings. The van der Waals surface area contributed by atoms with Crippen molar-refractivity contribution in [2.24, 2.45) is 0 Å². The molecule has 2 aromatic carbocycles. The zero-order valence-electron chi connectivity index (χ0n) is 20.5. The van der Waals surface area contributed by atoms with Crippen molar-refractivity contribution in [3.63, 3.8) is 0 Å². The molecule has 0 amide bonds. The topological polar surface area (TPSA) is 90.6 Å². The number of hydrogen-bond donors (Lipinski definition) is 1. The lowest BCUT2D eigenvalue weighted by Crippen LogP contribution is -2.11. The fourth-order valence-electron chi connectivity index (χ4n) is 4.92. The van der Waals surface area contributed by atoms with E-state index in [4.69, 9.17) is 9.15 Å². The SMILES string of the molecule is CC(C)(C)c1ccnc2c1oc1ncc(Oc3cccc(-n4c5ccccc5n5ccnc45)c3O)cc12. The highest BCUT2D eigenvalue weighted by atomic mass is 16.5. The first-order chi connectivity index (χ1) is 17.9. The van der Waals surface area contributed by atoms with E-state index in [1.165, 1.54) is 0 Å². The van der Waals surface area contributed by atoms with Gasteiger partial charge < -0.3 is 14.3 Å². The van der Waals surface area contributed by atoms with Crippen LogP contribution in [0.25, 0.3) is 44.7 Å². The molecule has 37 heavy (non-hydrogen) atoms. The molecule has 0 atom stereocenters. The number of benzene rings is 2. The zero-order chi connectivity index (χ0) is 25.3. The number of phenolic OH excluding ortho intramolecular Hbond substituents is 1. The quantitative estimate of drug-likeness (QED) is 0.295. The highest BCUT2D eigenvalue weighted by Gasteiger charge is 2.23. The Balaban J connectivity index is 1.34. The van der Waals surface area contributed by atoms with Gasteiger partial charge in [-0.15, -0.1) is 0 Å². The summed E-state index contributed by atoms with van der Waals surface area (Å²) in [4.78, 5) is 13.6. The summed E-state index contributed by atoms with van der Waals surface area (Å²) >= 11 is 0. The number of imidazole rings is 2. The maximum absolute atomic E-state index is 11.3. The van der Waals surface area contributed by atoms with Gasteiger partial charge in [-0.25, -0.2) is 9.97 Å². The summed E-state index contributed by atoms with van der Waals surface area (Å²) in [6.45, 7) is 6.41. The zero-order valence-corrected chi connectivity index (χ0v) is 20.5. The molecule has 7 aromatic rings. The number of rotatable bonds is 3. The Labute approximate surface area is 211 Å². The Morgan fingerprint density at radius 2 is 1.76 bits per heavy atom.